The van der Waals surface area contributed by atoms with Crippen molar-refractivity contribution in [2.75, 3.05) is 0 Å². The third-order valence-corrected chi connectivity index (χ3v) is 11.6. The van der Waals surface area contributed by atoms with E-state index in [2.05, 4.69) is 99.6 Å². The molecule has 3 heterocycles. The fourth-order valence-corrected chi connectivity index (χ4v) is 7.22. The van der Waals surface area contributed by atoms with Crippen molar-refractivity contribution in [1.82, 2.24) is 9.97 Å². The number of fused-ring (bicyclic) bond motifs is 2. The minimum atomic E-state index is -0.337. The zero-order valence-electron chi connectivity index (χ0n) is 32.5. The molecule has 0 spiro atoms. The van der Waals surface area contributed by atoms with Crippen molar-refractivity contribution in [3.05, 3.63) is 95.3 Å². The number of rotatable bonds is 11. The van der Waals surface area contributed by atoms with E-state index in [1.54, 1.807) is 11.3 Å². The van der Waals surface area contributed by atoms with Crippen LogP contribution in [0.1, 0.15) is 113 Å². The van der Waals surface area contributed by atoms with Crippen LogP contribution in [-0.2, 0) is 36.7 Å². The van der Waals surface area contributed by atoms with Crippen molar-refractivity contribution in [2.45, 2.75) is 114 Å². The summed E-state index contributed by atoms with van der Waals surface area (Å²) in [6.45, 7) is 23.4. The molecule has 275 valence electrons. The molecule has 2 aromatic carbocycles. The average molecular weight is 882 g/mol. The first kappa shape index (κ1) is 42.2. The molecule has 51 heavy (non-hydrogen) atoms. The zero-order chi connectivity index (χ0) is 36.9. The molecule has 4 nitrogen and oxygen atoms in total. The molecule has 0 amide bonds. The number of benzene rings is 2. The van der Waals surface area contributed by atoms with E-state index in [-0.39, 0.29) is 47.9 Å². The topological polar surface area (TPSA) is 63.1 Å². The first-order chi connectivity index (χ1) is 23.6. The van der Waals surface area contributed by atoms with Gasteiger partial charge in [-0.05, 0) is 77.6 Å². The van der Waals surface area contributed by atoms with Crippen LogP contribution in [0.2, 0.25) is 0 Å². The summed E-state index contributed by atoms with van der Waals surface area (Å²) in [6, 6.07) is 20.9. The van der Waals surface area contributed by atoms with Gasteiger partial charge in [0, 0.05) is 60.5 Å². The number of hydrogen-bond donors (Lipinski definition) is 1. The van der Waals surface area contributed by atoms with Gasteiger partial charge in [-0.25, -0.2) is 4.98 Å². The first-order valence-corrected chi connectivity index (χ1v) is 19.2. The molecule has 0 aliphatic heterocycles. The summed E-state index contributed by atoms with van der Waals surface area (Å²) < 4.78 is 0. The molecule has 0 aliphatic rings. The molecule has 0 saturated carbocycles. The van der Waals surface area contributed by atoms with Crippen molar-refractivity contribution < 1.29 is 30.0 Å². The SMILES string of the molecule is CC(C)Cc1csc2nccc(-c3ccnc(-c4[c-]c5ccccc5c(C(C)(C)C)c4)c3)c12.CCC(C)(CC)C(=O)/C=C(\O)C(C)(CC)CC.[Ir]. The van der Waals surface area contributed by atoms with E-state index in [9.17, 15) is 9.90 Å². The predicted octanol–water partition coefficient (Wildman–Crippen LogP) is 13.1. The van der Waals surface area contributed by atoms with Gasteiger partial charge in [-0.3, -0.25) is 9.78 Å². The van der Waals surface area contributed by atoms with Crippen molar-refractivity contribution in [1.29, 1.82) is 0 Å². The Kier molecular flexibility index (Phi) is 14.5. The number of thiophene rings is 1. The van der Waals surface area contributed by atoms with Gasteiger partial charge >= 0.3 is 0 Å². The standard InChI is InChI=1S/C30H29N2S.C15H28O2.Ir/c1-19(2)14-23-18-33-29-28(23)25(11-13-32-29)21-10-12-31-27(17-21)22-15-20-8-6-7-9-24(20)26(16-22)30(3,4)5;1-7-14(5,8-2)12(16)11-13(17)15(6,9-3)10-4;/h6-13,16-19H,14H2,1-5H3;11,16H,7-10H2,1-6H3;/q-1;;/b;12-11-;. The Bertz CT molecular complexity index is 1960. The van der Waals surface area contributed by atoms with E-state index in [4.69, 9.17) is 4.98 Å². The van der Waals surface area contributed by atoms with Gasteiger partial charge in [0.15, 0.2) is 5.78 Å². The molecule has 6 heteroatoms. The van der Waals surface area contributed by atoms with Crippen LogP contribution in [0.3, 0.4) is 0 Å². The summed E-state index contributed by atoms with van der Waals surface area (Å²) in [5.74, 6) is 0.889. The Labute approximate surface area is 324 Å². The Morgan fingerprint density at radius 1 is 0.882 bits per heavy atom. The fraction of sp³-hybridized carbons (Fsp3) is 0.444. The van der Waals surface area contributed by atoms with Crippen LogP contribution in [0.15, 0.2) is 78.1 Å². The van der Waals surface area contributed by atoms with Gasteiger partial charge < -0.3 is 5.11 Å². The minimum Gasteiger partial charge on any atom is -0.512 e. The number of carbonyl (C=O) groups excluding carboxylic acids is 1. The molecule has 3 aromatic heterocycles. The van der Waals surface area contributed by atoms with Crippen molar-refractivity contribution in [2.24, 2.45) is 16.7 Å². The van der Waals surface area contributed by atoms with E-state index in [1.165, 1.54) is 39.1 Å². The van der Waals surface area contributed by atoms with Crippen LogP contribution in [0.4, 0.5) is 0 Å². The smallest absolute Gasteiger partial charge is 0.164 e. The molecule has 0 aliphatic carbocycles. The number of aliphatic hydroxyl groups excluding tert-OH is 1. The Balaban J connectivity index is 0.000000335. The average Bonchev–Trinajstić information content (AvgIpc) is 3.52. The summed E-state index contributed by atoms with van der Waals surface area (Å²) in [6.07, 6.45) is 9.66. The van der Waals surface area contributed by atoms with Crippen LogP contribution in [0, 0.1) is 22.8 Å². The summed E-state index contributed by atoms with van der Waals surface area (Å²) in [5, 5.41) is 16.1. The summed E-state index contributed by atoms with van der Waals surface area (Å²) >= 11 is 1.74. The predicted molar refractivity (Wildman–Crippen MR) is 215 cm³/mol. The number of allylic oxidation sites excluding steroid dienone is 2. The number of aromatic nitrogens is 2. The van der Waals surface area contributed by atoms with Crippen molar-refractivity contribution in [3.63, 3.8) is 0 Å². The quantitative estimate of drug-likeness (QED) is 0.0815. The van der Waals surface area contributed by atoms with E-state index in [1.807, 2.05) is 53.9 Å². The molecule has 0 atom stereocenters. The van der Waals surface area contributed by atoms with Gasteiger partial charge in [-0.15, -0.1) is 40.5 Å². The molecule has 1 radical (unpaired) electrons. The maximum atomic E-state index is 12.2. The molecule has 0 fully saturated rings. The molecule has 0 saturated heterocycles. The zero-order valence-corrected chi connectivity index (χ0v) is 35.7. The second-order valence-corrected chi connectivity index (χ2v) is 16.5. The van der Waals surface area contributed by atoms with Gasteiger partial charge in [-0.1, -0.05) is 111 Å². The monoisotopic (exact) mass is 882 g/mol. The Morgan fingerprint density at radius 2 is 1.51 bits per heavy atom. The number of nitrogens with zero attached hydrogens (tertiary/aromatic N) is 2. The third kappa shape index (κ3) is 9.63. The first-order valence-electron chi connectivity index (χ1n) is 18.3. The number of aliphatic hydroxyl groups is 1. The molecule has 5 aromatic rings. The van der Waals surface area contributed by atoms with E-state index in [0.717, 1.165) is 53.6 Å². The van der Waals surface area contributed by atoms with E-state index in [0.29, 0.717) is 5.92 Å². The van der Waals surface area contributed by atoms with Crippen LogP contribution in [-0.4, -0.2) is 20.9 Å². The van der Waals surface area contributed by atoms with Crippen LogP contribution < -0.4 is 0 Å². The normalized spacial score (nSPS) is 12.5. The minimum absolute atomic E-state index is 0. The van der Waals surface area contributed by atoms with Crippen molar-refractivity contribution in [3.8, 4) is 22.4 Å². The third-order valence-electron chi connectivity index (χ3n) is 10.7. The van der Waals surface area contributed by atoms with Gasteiger partial charge in [0.2, 0.25) is 0 Å². The van der Waals surface area contributed by atoms with Gasteiger partial charge in [0.1, 0.15) is 10.6 Å². The maximum Gasteiger partial charge on any atom is 0.164 e. The Morgan fingerprint density at radius 3 is 2.12 bits per heavy atom. The molecule has 0 unspecified atom stereocenters. The Hall–Kier alpha value is -3.18. The van der Waals surface area contributed by atoms with E-state index >= 15 is 0 Å². The maximum absolute atomic E-state index is 12.2. The number of ketones is 1. The van der Waals surface area contributed by atoms with Crippen LogP contribution >= 0.6 is 11.3 Å². The fourth-order valence-electron chi connectivity index (χ4n) is 6.28. The second-order valence-electron chi connectivity index (χ2n) is 15.6. The summed E-state index contributed by atoms with van der Waals surface area (Å²) in [4.78, 5) is 22.7. The molecule has 1 N–H and O–H groups in total. The number of carbonyl (C=O) groups is 1. The summed E-state index contributed by atoms with van der Waals surface area (Å²) in [7, 11) is 0. The molecule has 5 rings (SSSR count). The second kappa shape index (κ2) is 17.6. The number of hydrogen-bond acceptors (Lipinski definition) is 5. The number of pyridine rings is 2. The van der Waals surface area contributed by atoms with Gasteiger partial charge in [0.05, 0.1) is 0 Å². The van der Waals surface area contributed by atoms with Crippen molar-refractivity contribution >= 4 is 38.1 Å². The van der Waals surface area contributed by atoms with E-state index < -0.39 is 0 Å². The largest absolute Gasteiger partial charge is 0.512 e. The summed E-state index contributed by atoms with van der Waals surface area (Å²) in [5.41, 5.74) is 6.54. The van der Waals surface area contributed by atoms with Crippen LogP contribution in [0.25, 0.3) is 43.4 Å². The van der Waals surface area contributed by atoms with Crippen LogP contribution in [0.5, 0.6) is 0 Å². The molecule has 0 bridgehead atoms. The van der Waals surface area contributed by atoms with Gasteiger partial charge in [0.25, 0.3) is 0 Å². The molecular weight excluding hydrogens is 825 g/mol. The van der Waals surface area contributed by atoms with Gasteiger partial charge in [-0.2, -0.15) is 0 Å². The molecular formula is C45H57IrN2O2S-.